The molecule has 0 aromatic carbocycles. The predicted molar refractivity (Wildman–Crippen MR) is 171 cm³/mol. The van der Waals surface area contributed by atoms with Gasteiger partial charge in [-0.25, -0.2) is 0 Å². The van der Waals surface area contributed by atoms with Gasteiger partial charge in [0.1, 0.15) is 79.4 Å². The predicted octanol–water partition coefficient (Wildman–Crippen LogP) is -6.83. The molecule has 308 valence electrons. The molecule has 6 fully saturated rings. The minimum atomic E-state index is -1.87. The Bertz CT molecular complexity index is 1140. The van der Waals surface area contributed by atoms with Crippen LogP contribution in [0.5, 0.6) is 0 Å². The van der Waals surface area contributed by atoms with Gasteiger partial charge in [-0.15, -0.1) is 0 Å². The maximum atomic E-state index is 11.3. The molecule has 14 N–H and O–H groups in total. The van der Waals surface area contributed by atoms with E-state index in [2.05, 4.69) is 0 Å². The Hall–Kier alpha value is -0.800. The highest BCUT2D eigenvalue weighted by Crippen LogP contribution is 2.44. The number of fused-ring (bicyclic) bond motifs is 1. The van der Waals surface area contributed by atoms with Crippen LogP contribution in [0.15, 0.2) is 0 Å². The first-order chi connectivity index (χ1) is 25.3. The van der Waals surface area contributed by atoms with Gasteiger partial charge in [-0.1, -0.05) is 0 Å². The minimum absolute atomic E-state index is 0.0684. The zero-order chi connectivity index (χ0) is 38.3. The summed E-state index contributed by atoms with van der Waals surface area (Å²) in [5, 5.41) is 135. The van der Waals surface area contributed by atoms with E-state index in [1.165, 1.54) is 0 Å². The molecule has 4 saturated heterocycles. The topological polar surface area (TPSA) is 331 Å². The van der Waals surface area contributed by atoms with E-state index in [1.807, 2.05) is 0 Å². The number of ether oxygens (including phenoxy) is 7. The van der Waals surface area contributed by atoms with Crippen LogP contribution in [-0.2, 0) is 28.4 Å². The van der Waals surface area contributed by atoms with Gasteiger partial charge in [0.25, 0.3) is 0 Å². The largest absolute Gasteiger partial charge is 0.427 e. The highest BCUT2D eigenvalue weighted by atomic mass is 16.8. The minimum Gasteiger partial charge on any atom is -0.427 e. The molecule has 4 aliphatic heterocycles. The van der Waals surface area contributed by atoms with E-state index < -0.39 is 154 Å². The van der Waals surface area contributed by atoms with Crippen molar-refractivity contribution in [2.24, 2.45) is 11.8 Å². The van der Waals surface area contributed by atoms with Crippen LogP contribution in [0.4, 0.5) is 0 Å². The van der Waals surface area contributed by atoms with Gasteiger partial charge < -0.3 is 99.5 Å². The van der Waals surface area contributed by atoms with Gasteiger partial charge in [0.15, 0.2) is 31.1 Å². The zero-order valence-corrected chi connectivity index (χ0v) is 29.1. The highest BCUT2D eigenvalue weighted by molar-refractivity contribution is 5.00. The molecule has 0 aromatic heterocycles. The van der Waals surface area contributed by atoms with Gasteiger partial charge in [0.05, 0.1) is 44.1 Å². The summed E-state index contributed by atoms with van der Waals surface area (Å²) >= 11 is 0. The lowest BCUT2D eigenvalue weighted by Gasteiger charge is -2.50. The normalized spacial score (nSPS) is 53.9. The van der Waals surface area contributed by atoms with Gasteiger partial charge in [-0.3, -0.25) is 0 Å². The van der Waals surface area contributed by atoms with Crippen molar-refractivity contribution in [1.29, 1.82) is 0 Å². The molecular formula is C33H57O20+. The van der Waals surface area contributed by atoms with Gasteiger partial charge in [-0.05, 0) is 32.1 Å². The first-order valence-corrected chi connectivity index (χ1v) is 18.5. The molecule has 2 saturated carbocycles. The summed E-state index contributed by atoms with van der Waals surface area (Å²) in [5.74, 6) is -0.607. The molecule has 0 amide bonds. The maximum Gasteiger partial charge on any atom is 0.187 e. The molecule has 0 spiro atoms. The van der Waals surface area contributed by atoms with Gasteiger partial charge in [-0.2, -0.15) is 0 Å². The molecule has 0 bridgehead atoms. The number of aliphatic hydroxyl groups excluding tert-OH is 13. The fourth-order valence-electron chi connectivity index (χ4n) is 8.78. The van der Waals surface area contributed by atoms with Crippen LogP contribution in [0.3, 0.4) is 0 Å². The summed E-state index contributed by atoms with van der Waals surface area (Å²) in [4.78, 5) is 0. The molecule has 4 heterocycles. The first-order valence-electron chi connectivity index (χ1n) is 18.5. The third-order valence-corrected chi connectivity index (χ3v) is 11.9. The van der Waals surface area contributed by atoms with Crippen molar-refractivity contribution in [3.05, 3.63) is 0 Å². The third-order valence-electron chi connectivity index (χ3n) is 11.9. The van der Waals surface area contributed by atoms with E-state index in [-0.39, 0.29) is 25.2 Å². The van der Waals surface area contributed by atoms with Crippen molar-refractivity contribution >= 4 is 0 Å². The van der Waals surface area contributed by atoms with Crippen molar-refractivity contribution in [3.8, 4) is 0 Å². The lowest BCUT2D eigenvalue weighted by Crippen LogP contribution is -2.66. The first kappa shape index (κ1) is 41.8. The lowest BCUT2D eigenvalue weighted by atomic mass is 9.73. The molecule has 6 unspecified atom stereocenters. The summed E-state index contributed by atoms with van der Waals surface area (Å²) in [6.45, 7) is -2.16. The molecule has 6 rings (SSSR count). The maximum absolute atomic E-state index is 11.3. The van der Waals surface area contributed by atoms with Gasteiger partial charge in [0, 0.05) is 18.8 Å². The molecule has 0 radical (unpaired) electrons. The highest BCUT2D eigenvalue weighted by Gasteiger charge is 2.57. The third kappa shape index (κ3) is 8.72. The van der Waals surface area contributed by atoms with E-state index in [0.717, 1.165) is 0 Å². The van der Waals surface area contributed by atoms with Crippen LogP contribution in [0.2, 0.25) is 0 Å². The number of rotatable bonds is 10. The molecule has 0 aromatic rings. The lowest BCUT2D eigenvalue weighted by molar-refractivity contribution is -0.389. The van der Waals surface area contributed by atoms with Crippen molar-refractivity contribution in [2.75, 3.05) is 19.8 Å². The average Bonchev–Trinajstić information content (AvgIpc) is 3.14. The summed E-state index contributed by atoms with van der Waals surface area (Å²) in [6.07, 6.45) is -25.7. The van der Waals surface area contributed by atoms with Crippen molar-refractivity contribution in [1.82, 2.24) is 0 Å². The van der Waals surface area contributed by atoms with Gasteiger partial charge >= 0.3 is 0 Å². The SMILES string of the molecule is OC[C@H]1O[C@@H](OC2CC(O)CC3[OH+]C(C4CCC(O)CC4)C(O[C@@H]4O[C@H](CO)[C@@H](O)[C@H](O)[C@H]4O[C@@H]4O[C@H](CO)[C@@H](O)[C@H](O)[C@H]4O)CC23)[C@H](O)[C@@H](O)[C@@H]1O. The Morgan fingerprint density at radius 1 is 0.472 bits per heavy atom. The molecular weight excluding hydrogens is 716 g/mol. The van der Waals surface area contributed by atoms with Crippen LogP contribution >= 0.6 is 0 Å². The summed E-state index contributed by atoms with van der Waals surface area (Å²) in [7, 11) is 0. The molecule has 20 heteroatoms. The van der Waals surface area contributed by atoms with Crippen molar-refractivity contribution < 1.29 is 99.5 Å². The van der Waals surface area contributed by atoms with Crippen molar-refractivity contribution in [3.63, 3.8) is 0 Å². The van der Waals surface area contributed by atoms with Gasteiger partial charge in [0.2, 0.25) is 0 Å². The van der Waals surface area contributed by atoms with E-state index in [4.69, 9.17) is 33.2 Å². The number of hydrogen-bond donors (Lipinski definition) is 13. The van der Waals surface area contributed by atoms with Crippen LogP contribution in [-0.4, -0.2) is 220 Å². The fourth-order valence-corrected chi connectivity index (χ4v) is 8.78. The second kappa shape index (κ2) is 17.8. The quantitative estimate of drug-likeness (QED) is 0.0918. The Morgan fingerprint density at radius 3 is 1.51 bits per heavy atom. The van der Waals surface area contributed by atoms with Crippen molar-refractivity contribution in [2.45, 2.75) is 174 Å². The molecule has 53 heavy (non-hydrogen) atoms. The standard InChI is InChI=1S/C33H56O20/c34-8-18-21(39)24(42)27(45)31(50-18)48-16-6-13(38)5-15-14(16)7-17(29(47-15)11-1-3-12(37)4-2-11)49-33-30(26(44)23(41)20(10-36)52-33)53-32-28(46)25(43)22(40)19(9-35)51-32/h11-46H,1-10H2/p+1/t11?,12?,13?,14?,15?,16?,17?,18-,19-,20-,21-,22-,23-,24+,25+,26+,27-,28-,29?,30-,31-,32+,33-/m1/s1. The van der Waals surface area contributed by atoms with Crippen LogP contribution < -0.4 is 0 Å². The zero-order valence-electron chi connectivity index (χ0n) is 29.1. The van der Waals surface area contributed by atoms with Crippen LogP contribution in [0, 0.1) is 11.8 Å². The monoisotopic (exact) mass is 773 g/mol. The summed E-state index contributed by atoms with van der Waals surface area (Å²) in [6, 6.07) is 0. The van der Waals surface area contributed by atoms with Crippen LogP contribution in [0.25, 0.3) is 0 Å². The summed E-state index contributed by atoms with van der Waals surface area (Å²) < 4.78 is 40.8. The number of aliphatic hydroxyl groups is 15. The second-order valence-electron chi connectivity index (χ2n) is 15.4. The van der Waals surface area contributed by atoms with E-state index >= 15 is 0 Å². The van der Waals surface area contributed by atoms with E-state index in [0.29, 0.717) is 25.7 Å². The molecule has 21 atom stereocenters. The van der Waals surface area contributed by atoms with Crippen LogP contribution in [0.1, 0.15) is 44.9 Å². The molecule has 6 aliphatic rings. The molecule has 2 aliphatic carbocycles. The Kier molecular flexibility index (Phi) is 14.0. The number of hydrogen-bond acceptors (Lipinski definition) is 19. The Labute approximate surface area is 305 Å². The Morgan fingerprint density at radius 2 is 0.962 bits per heavy atom. The second-order valence-corrected chi connectivity index (χ2v) is 15.4. The molecule has 20 nitrogen and oxygen atoms in total. The Balaban J connectivity index is 1.27. The fraction of sp³-hybridized carbons (Fsp3) is 1.00. The summed E-state index contributed by atoms with van der Waals surface area (Å²) in [5.41, 5.74) is 0. The van der Waals surface area contributed by atoms with E-state index in [1.54, 1.807) is 0 Å². The average molecular weight is 774 g/mol. The van der Waals surface area contributed by atoms with E-state index in [9.17, 15) is 66.4 Å². The smallest absolute Gasteiger partial charge is 0.187 e.